The lowest BCUT2D eigenvalue weighted by Gasteiger charge is -2.30. The van der Waals surface area contributed by atoms with Crippen molar-refractivity contribution in [2.75, 3.05) is 10.8 Å². The van der Waals surface area contributed by atoms with E-state index in [1.165, 1.54) is 34.6 Å². The molecule has 0 amide bonds. The Morgan fingerprint density at radius 1 is 1.00 bits per heavy atom. The molecule has 7 nitrogen and oxygen atoms in total. The molecule has 0 bridgehead atoms. The van der Waals surface area contributed by atoms with Crippen LogP contribution in [0.1, 0.15) is 34.7 Å². The van der Waals surface area contributed by atoms with Gasteiger partial charge in [0.05, 0.1) is 27.2 Å². The van der Waals surface area contributed by atoms with Crippen LogP contribution < -0.4 is 4.31 Å². The number of fused-ring (bicyclic) bond motifs is 2. The number of alkyl halides is 2. The predicted molar refractivity (Wildman–Crippen MR) is 126 cm³/mol. The summed E-state index contributed by atoms with van der Waals surface area (Å²) in [5, 5.41) is 0. The number of halogens is 2. The summed E-state index contributed by atoms with van der Waals surface area (Å²) in [4.78, 5) is 16.7. The number of nitrogens with zero attached hydrogens (tertiary/aromatic N) is 3. The number of carbonyl (C=O) groups excluding carboxylic acids is 1. The number of esters is 1. The lowest BCUT2D eigenvalue weighted by molar-refractivity contribution is 0.0387. The van der Waals surface area contributed by atoms with Gasteiger partial charge in [-0.1, -0.05) is 30.3 Å². The van der Waals surface area contributed by atoms with Crippen molar-refractivity contribution in [1.82, 2.24) is 9.55 Å². The van der Waals surface area contributed by atoms with E-state index in [0.717, 1.165) is 16.6 Å². The molecule has 0 saturated heterocycles. The van der Waals surface area contributed by atoms with E-state index in [1.54, 1.807) is 30.3 Å². The molecule has 1 aliphatic rings. The normalized spacial score (nSPS) is 13.7. The second-order valence-electron chi connectivity index (χ2n) is 8.07. The Morgan fingerprint density at radius 2 is 1.71 bits per heavy atom. The van der Waals surface area contributed by atoms with Crippen molar-refractivity contribution in [3.8, 4) is 0 Å². The van der Waals surface area contributed by atoms with Gasteiger partial charge < -0.3 is 4.74 Å². The molecular formula is C25H21F2N3O4S. The van der Waals surface area contributed by atoms with Crippen LogP contribution in [0.25, 0.3) is 11.0 Å². The smallest absolute Gasteiger partial charge is 0.338 e. The Hall–Kier alpha value is -3.79. The van der Waals surface area contributed by atoms with Crippen LogP contribution in [0.4, 0.5) is 14.5 Å². The van der Waals surface area contributed by atoms with Crippen molar-refractivity contribution in [2.24, 2.45) is 0 Å². The van der Waals surface area contributed by atoms with Gasteiger partial charge in [-0.15, -0.1) is 0 Å². The zero-order valence-corrected chi connectivity index (χ0v) is 19.3. The van der Waals surface area contributed by atoms with Crippen molar-refractivity contribution in [1.29, 1.82) is 0 Å². The van der Waals surface area contributed by atoms with Crippen LogP contribution in [0.5, 0.6) is 0 Å². The molecule has 3 aromatic carbocycles. The van der Waals surface area contributed by atoms with Crippen molar-refractivity contribution >= 4 is 32.7 Å². The van der Waals surface area contributed by atoms with Crippen LogP contribution in [0, 0.1) is 0 Å². The van der Waals surface area contributed by atoms with Gasteiger partial charge in [-0.3, -0.25) is 8.87 Å². The fourth-order valence-electron chi connectivity index (χ4n) is 4.27. The summed E-state index contributed by atoms with van der Waals surface area (Å²) < 4.78 is 60.9. The largest absolute Gasteiger partial charge is 0.454 e. The molecule has 10 heteroatoms. The fourth-order valence-corrected chi connectivity index (χ4v) is 5.81. The number of aryl methyl sites for hydroxylation is 1. The van der Waals surface area contributed by atoms with Crippen molar-refractivity contribution in [3.05, 3.63) is 89.7 Å². The Balaban J connectivity index is 1.33. The Kier molecular flexibility index (Phi) is 5.98. The van der Waals surface area contributed by atoms with Gasteiger partial charge >= 0.3 is 12.5 Å². The number of rotatable bonds is 6. The Labute approximate surface area is 200 Å². The van der Waals surface area contributed by atoms with Crippen LogP contribution in [0.3, 0.4) is 0 Å². The van der Waals surface area contributed by atoms with Crippen LogP contribution in [0.15, 0.2) is 77.7 Å². The van der Waals surface area contributed by atoms with Gasteiger partial charge in [-0.25, -0.2) is 18.2 Å². The van der Waals surface area contributed by atoms with E-state index in [4.69, 9.17) is 4.74 Å². The van der Waals surface area contributed by atoms with Crippen LogP contribution in [0.2, 0.25) is 0 Å². The molecule has 1 aromatic heterocycles. The van der Waals surface area contributed by atoms with Gasteiger partial charge in [0.1, 0.15) is 6.61 Å². The summed E-state index contributed by atoms with van der Waals surface area (Å²) in [6.45, 7) is -2.93. The number of aromatic nitrogens is 2. The van der Waals surface area contributed by atoms with E-state index < -0.39 is 29.1 Å². The second-order valence-corrected chi connectivity index (χ2v) is 9.94. The van der Waals surface area contributed by atoms with E-state index in [1.807, 2.05) is 12.1 Å². The number of para-hydroxylation sites is 3. The predicted octanol–water partition coefficient (Wildman–Crippen LogP) is 4.93. The first-order valence-corrected chi connectivity index (χ1v) is 12.4. The summed E-state index contributed by atoms with van der Waals surface area (Å²) >= 11 is 0. The summed E-state index contributed by atoms with van der Waals surface area (Å²) in [7, 11) is -3.82. The standard InChI is InChI=1S/C25H21F2N3O4S/c26-25(27)30-22-10-4-2-8-20(22)28-23(30)16-34-24(31)18-11-13-19(14-12-18)35(32,33)29-15-5-7-17-6-1-3-9-21(17)29/h1-4,6,8-14,25H,5,7,15-16H2. The highest BCUT2D eigenvalue weighted by Crippen LogP contribution is 2.32. The van der Waals surface area contributed by atoms with Gasteiger partial charge in [0.2, 0.25) is 0 Å². The SMILES string of the molecule is O=C(OCc1nc2ccccc2n1C(F)F)c1ccc(S(=O)(=O)N2CCCc3ccccc32)cc1. The van der Waals surface area contributed by atoms with E-state index in [2.05, 4.69) is 4.98 Å². The molecule has 0 atom stereocenters. The molecule has 35 heavy (non-hydrogen) atoms. The number of hydrogen-bond donors (Lipinski definition) is 0. The molecule has 0 saturated carbocycles. The Bertz CT molecular complexity index is 1500. The van der Waals surface area contributed by atoms with Crippen molar-refractivity contribution < 1.29 is 26.7 Å². The fraction of sp³-hybridized carbons (Fsp3) is 0.200. The number of sulfonamides is 1. The molecule has 0 spiro atoms. The molecule has 0 aliphatic carbocycles. The number of anilines is 1. The highest BCUT2D eigenvalue weighted by molar-refractivity contribution is 7.92. The zero-order chi connectivity index (χ0) is 24.6. The quantitative estimate of drug-likeness (QED) is 0.353. The second kappa shape index (κ2) is 9.10. The monoisotopic (exact) mass is 497 g/mol. The highest BCUT2D eigenvalue weighted by Gasteiger charge is 2.29. The average Bonchev–Trinajstić information content (AvgIpc) is 3.25. The third-order valence-corrected chi connectivity index (χ3v) is 7.77. The third-order valence-electron chi connectivity index (χ3n) is 5.94. The first-order chi connectivity index (χ1) is 16.9. The maximum atomic E-state index is 13.6. The molecule has 0 N–H and O–H groups in total. The molecule has 0 unspecified atom stereocenters. The molecule has 180 valence electrons. The summed E-state index contributed by atoms with van der Waals surface area (Å²) in [5.41, 5.74) is 2.33. The molecular weight excluding hydrogens is 476 g/mol. The number of hydrogen-bond acceptors (Lipinski definition) is 5. The van der Waals surface area contributed by atoms with Gasteiger partial charge in [-0.05, 0) is 60.9 Å². The summed E-state index contributed by atoms with van der Waals surface area (Å²) in [6.07, 6.45) is 1.52. The van der Waals surface area contributed by atoms with Crippen LogP contribution in [-0.2, 0) is 27.8 Å². The lowest BCUT2D eigenvalue weighted by atomic mass is 10.0. The van der Waals surface area contributed by atoms with E-state index in [9.17, 15) is 22.0 Å². The topological polar surface area (TPSA) is 81.5 Å². The van der Waals surface area contributed by atoms with Crippen LogP contribution in [-0.4, -0.2) is 30.5 Å². The van der Waals surface area contributed by atoms with Gasteiger partial charge in [0.15, 0.2) is 5.82 Å². The molecule has 1 aliphatic heterocycles. The number of carbonyl (C=O) groups is 1. The first-order valence-electron chi connectivity index (χ1n) is 11.0. The zero-order valence-electron chi connectivity index (χ0n) is 18.5. The van der Waals surface area contributed by atoms with Gasteiger partial charge in [0, 0.05) is 6.54 Å². The van der Waals surface area contributed by atoms with E-state index in [0.29, 0.717) is 24.2 Å². The highest BCUT2D eigenvalue weighted by atomic mass is 32.2. The Morgan fingerprint density at radius 3 is 2.49 bits per heavy atom. The molecule has 0 fully saturated rings. The third kappa shape index (κ3) is 4.25. The van der Waals surface area contributed by atoms with Gasteiger partial charge in [-0.2, -0.15) is 8.78 Å². The minimum absolute atomic E-state index is 0.0465. The lowest BCUT2D eigenvalue weighted by Crippen LogP contribution is -2.35. The van der Waals surface area contributed by atoms with Crippen molar-refractivity contribution in [2.45, 2.75) is 30.9 Å². The van der Waals surface area contributed by atoms with E-state index >= 15 is 0 Å². The summed E-state index contributed by atoms with van der Waals surface area (Å²) in [6, 6.07) is 19.2. The van der Waals surface area contributed by atoms with Crippen LogP contribution >= 0.6 is 0 Å². The number of imidazole rings is 1. The number of benzene rings is 3. The maximum Gasteiger partial charge on any atom is 0.338 e. The minimum Gasteiger partial charge on any atom is -0.454 e. The maximum absolute atomic E-state index is 13.6. The van der Waals surface area contributed by atoms with E-state index in [-0.39, 0.29) is 21.8 Å². The first kappa shape index (κ1) is 23.0. The van der Waals surface area contributed by atoms with Gasteiger partial charge in [0.25, 0.3) is 10.0 Å². The average molecular weight is 498 g/mol. The molecule has 2 heterocycles. The molecule has 0 radical (unpaired) electrons. The van der Waals surface area contributed by atoms with Crippen molar-refractivity contribution in [3.63, 3.8) is 0 Å². The summed E-state index contributed by atoms with van der Waals surface area (Å²) in [5.74, 6) is -0.859. The number of ether oxygens (including phenoxy) is 1. The minimum atomic E-state index is -3.82. The molecule has 4 aromatic rings. The molecule has 5 rings (SSSR count).